The smallest absolute Gasteiger partial charge is 0.341 e. The summed E-state index contributed by atoms with van der Waals surface area (Å²) in [5.41, 5.74) is 5.86. The van der Waals surface area contributed by atoms with E-state index in [4.69, 9.17) is 10.5 Å². The minimum atomic E-state index is -0.493. The largest absolute Gasteiger partial charge is 0.456 e. The number of rotatable bonds is 1. The topological polar surface area (TPSA) is 52.3 Å². The fourth-order valence-electron chi connectivity index (χ4n) is 1.27. The standard InChI is InChI=1S/C13H21NO2S/c1-12(2,3)9-7-8(10(14)17-9)11(15)16-13(4,5)6/h7H,14H2,1-6H3. The van der Waals surface area contributed by atoms with Gasteiger partial charge in [0.25, 0.3) is 0 Å². The van der Waals surface area contributed by atoms with Gasteiger partial charge in [-0.2, -0.15) is 0 Å². The van der Waals surface area contributed by atoms with Crippen molar-refractivity contribution in [1.82, 2.24) is 0 Å². The summed E-state index contributed by atoms with van der Waals surface area (Å²) >= 11 is 1.45. The zero-order valence-corrected chi connectivity index (χ0v) is 12.2. The number of hydrogen-bond donors (Lipinski definition) is 1. The molecule has 96 valence electrons. The number of ether oxygens (including phenoxy) is 1. The lowest BCUT2D eigenvalue weighted by Gasteiger charge is -2.19. The quantitative estimate of drug-likeness (QED) is 0.780. The molecule has 0 fully saturated rings. The van der Waals surface area contributed by atoms with Crippen molar-refractivity contribution >= 4 is 22.3 Å². The summed E-state index contributed by atoms with van der Waals surface area (Å²) in [4.78, 5) is 13.0. The Labute approximate surface area is 107 Å². The first-order chi connectivity index (χ1) is 7.50. The van der Waals surface area contributed by atoms with Gasteiger partial charge in [-0.3, -0.25) is 0 Å². The Morgan fingerprint density at radius 3 is 2.12 bits per heavy atom. The Balaban J connectivity index is 3.00. The average Bonchev–Trinajstić information content (AvgIpc) is 2.42. The molecule has 2 N–H and O–H groups in total. The van der Waals surface area contributed by atoms with Crippen LogP contribution in [0, 0.1) is 0 Å². The van der Waals surface area contributed by atoms with Gasteiger partial charge in [0, 0.05) is 4.88 Å². The van der Waals surface area contributed by atoms with E-state index >= 15 is 0 Å². The molecule has 0 aromatic carbocycles. The first kappa shape index (κ1) is 14.0. The highest BCUT2D eigenvalue weighted by Crippen LogP contribution is 2.34. The molecule has 0 saturated carbocycles. The van der Waals surface area contributed by atoms with E-state index in [-0.39, 0.29) is 11.4 Å². The van der Waals surface area contributed by atoms with Crippen LogP contribution in [-0.4, -0.2) is 11.6 Å². The molecule has 0 radical (unpaired) electrons. The first-order valence-corrected chi connectivity index (χ1v) is 6.45. The molecule has 1 rings (SSSR count). The zero-order valence-electron chi connectivity index (χ0n) is 11.4. The number of nitrogens with two attached hydrogens (primary N) is 1. The van der Waals surface area contributed by atoms with E-state index in [1.165, 1.54) is 11.3 Å². The molecule has 3 nitrogen and oxygen atoms in total. The average molecular weight is 255 g/mol. The Kier molecular flexibility index (Phi) is 3.58. The Morgan fingerprint density at radius 1 is 1.24 bits per heavy atom. The first-order valence-electron chi connectivity index (χ1n) is 5.64. The monoisotopic (exact) mass is 255 g/mol. The molecule has 0 unspecified atom stereocenters. The van der Waals surface area contributed by atoms with Crippen molar-refractivity contribution in [3.05, 3.63) is 16.5 Å². The number of hydrogen-bond acceptors (Lipinski definition) is 4. The van der Waals surface area contributed by atoms with Gasteiger partial charge in [0.1, 0.15) is 10.6 Å². The number of nitrogen functional groups attached to an aromatic ring is 1. The third kappa shape index (κ3) is 3.73. The molecule has 0 bridgehead atoms. The van der Waals surface area contributed by atoms with Crippen LogP contribution in [0.5, 0.6) is 0 Å². The van der Waals surface area contributed by atoms with E-state index in [1.807, 2.05) is 26.8 Å². The lowest BCUT2D eigenvalue weighted by molar-refractivity contribution is 0.00712. The van der Waals surface area contributed by atoms with Crippen molar-refractivity contribution in [2.45, 2.75) is 52.6 Å². The third-order valence-corrected chi connectivity index (χ3v) is 3.51. The van der Waals surface area contributed by atoms with Crippen LogP contribution < -0.4 is 5.73 Å². The van der Waals surface area contributed by atoms with E-state index in [1.54, 1.807) is 0 Å². The molecule has 0 spiro atoms. The van der Waals surface area contributed by atoms with E-state index in [2.05, 4.69) is 20.8 Å². The number of carbonyl (C=O) groups excluding carboxylic acids is 1. The number of anilines is 1. The lowest BCUT2D eigenvalue weighted by Crippen LogP contribution is -2.24. The van der Waals surface area contributed by atoms with Gasteiger partial charge in [-0.15, -0.1) is 11.3 Å². The molecule has 0 aliphatic rings. The second kappa shape index (κ2) is 4.33. The predicted octanol–water partition coefficient (Wildman–Crippen LogP) is 3.58. The van der Waals surface area contributed by atoms with E-state index in [0.717, 1.165) is 4.88 Å². The highest BCUT2D eigenvalue weighted by atomic mass is 32.1. The molecular weight excluding hydrogens is 234 g/mol. The number of carbonyl (C=O) groups is 1. The molecular formula is C13H21NO2S. The van der Waals surface area contributed by atoms with Crippen molar-refractivity contribution in [2.24, 2.45) is 0 Å². The summed E-state index contributed by atoms with van der Waals surface area (Å²) in [6.45, 7) is 11.8. The molecule has 0 atom stereocenters. The third-order valence-electron chi connectivity index (χ3n) is 2.12. The summed E-state index contributed by atoms with van der Waals surface area (Å²) in [7, 11) is 0. The zero-order chi connectivity index (χ0) is 13.4. The summed E-state index contributed by atoms with van der Waals surface area (Å²) in [5, 5.41) is 0.532. The van der Waals surface area contributed by atoms with Crippen molar-refractivity contribution in [3.63, 3.8) is 0 Å². The van der Waals surface area contributed by atoms with Crippen molar-refractivity contribution in [2.75, 3.05) is 5.73 Å². The molecule has 0 amide bonds. The number of esters is 1. The normalized spacial score (nSPS) is 12.6. The maximum atomic E-state index is 11.9. The molecule has 0 aliphatic carbocycles. The van der Waals surface area contributed by atoms with Gasteiger partial charge in [0.05, 0.1) is 5.56 Å². The highest BCUT2D eigenvalue weighted by Gasteiger charge is 2.25. The van der Waals surface area contributed by atoms with Crippen LogP contribution in [0.3, 0.4) is 0 Å². The van der Waals surface area contributed by atoms with Crippen LogP contribution in [0.15, 0.2) is 6.07 Å². The van der Waals surface area contributed by atoms with Gasteiger partial charge in [-0.1, -0.05) is 20.8 Å². The molecule has 0 saturated heterocycles. The van der Waals surface area contributed by atoms with Crippen molar-refractivity contribution in [1.29, 1.82) is 0 Å². The summed E-state index contributed by atoms with van der Waals surface area (Å²) in [5.74, 6) is -0.346. The maximum Gasteiger partial charge on any atom is 0.341 e. The van der Waals surface area contributed by atoms with Crippen LogP contribution in [-0.2, 0) is 10.2 Å². The lowest BCUT2D eigenvalue weighted by atomic mass is 9.94. The summed E-state index contributed by atoms with van der Waals surface area (Å²) in [6, 6.07) is 1.84. The van der Waals surface area contributed by atoms with E-state index in [0.29, 0.717) is 10.6 Å². The van der Waals surface area contributed by atoms with Crippen LogP contribution in [0.25, 0.3) is 0 Å². The van der Waals surface area contributed by atoms with Crippen LogP contribution in [0.1, 0.15) is 56.8 Å². The van der Waals surface area contributed by atoms with Gasteiger partial charge in [0.15, 0.2) is 0 Å². The molecule has 1 aromatic heterocycles. The minimum Gasteiger partial charge on any atom is -0.456 e. The van der Waals surface area contributed by atoms with Gasteiger partial charge < -0.3 is 10.5 Å². The van der Waals surface area contributed by atoms with Crippen LogP contribution in [0.2, 0.25) is 0 Å². The van der Waals surface area contributed by atoms with Crippen LogP contribution in [0.4, 0.5) is 5.00 Å². The predicted molar refractivity (Wildman–Crippen MR) is 72.6 cm³/mol. The fourth-order valence-corrected chi connectivity index (χ4v) is 2.24. The maximum absolute atomic E-state index is 11.9. The SMILES string of the molecule is CC(C)(C)OC(=O)c1cc(C(C)(C)C)sc1N. The van der Waals surface area contributed by atoms with Crippen LogP contribution >= 0.6 is 11.3 Å². The molecule has 1 heterocycles. The van der Waals surface area contributed by atoms with E-state index in [9.17, 15) is 4.79 Å². The second-order valence-corrected chi connectivity index (χ2v) is 7.22. The molecule has 4 heteroatoms. The van der Waals surface area contributed by atoms with Crippen molar-refractivity contribution in [3.8, 4) is 0 Å². The summed E-state index contributed by atoms with van der Waals surface area (Å²) in [6.07, 6.45) is 0. The molecule has 1 aromatic rings. The van der Waals surface area contributed by atoms with Crippen molar-refractivity contribution < 1.29 is 9.53 Å². The van der Waals surface area contributed by atoms with Gasteiger partial charge in [-0.05, 0) is 32.3 Å². The minimum absolute atomic E-state index is 0.000943. The Hall–Kier alpha value is -1.03. The second-order valence-electron chi connectivity index (χ2n) is 6.14. The van der Waals surface area contributed by atoms with E-state index < -0.39 is 5.60 Å². The number of thiophene rings is 1. The molecule has 17 heavy (non-hydrogen) atoms. The van der Waals surface area contributed by atoms with Gasteiger partial charge in [-0.25, -0.2) is 4.79 Å². The highest BCUT2D eigenvalue weighted by molar-refractivity contribution is 7.16. The Morgan fingerprint density at radius 2 is 1.76 bits per heavy atom. The van der Waals surface area contributed by atoms with Gasteiger partial charge >= 0.3 is 5.97 Å². The Bertz CT molecular complexity index is 422. The fraction of sp³-hybridized carbons (Fsp3) is 0.615. The molecule has 0 aliphatic heterocycles. The summed E-state index contributed by atoms with van der Waals surface area (Å²) < 4.78 is 5.32. The van der Waals surface area contributed by atoms with Gasteiger partial charge in [0.2, 0.25) is 0 Å².